The van der Waals surface area contributed by atoms with Crippen LogP contribution < -0.4 is 10.1 Å². The van der Waals surface area contributed by atoms with Crippen molar-refractivity contribution in [3.05, 3.63) is 29.3 Å². The summed E-state index contributed by atoms with van der Waals surface area (Å²) in [5, 5.41) is 3.15. The van der Waals surface area contributed by atoms with Crippen LogP contribution in [0.4, 0.5) is 0 Å². The Morgan fingerprint density at radius 1 is 1.33 bits per heavy atom. The molecule has 1 rings (SSSR count). The first kappa shape index (κ1) is 12.1. The largest absolute Gasteiger partial charge is 0.496 e. The van der Waals surface area contributed by atoms with Crippen molar-refractivity contribution in [3.8, 4) is 5.75 Å². The molecule has 0 radical (unpaired) electrons. The highest BCUT2D eigenvalue weighted by Gasteiger charge is 2.07. The Morgan fingerprint density at radius 3 is 2.60 bits per heavy atom. The molecule has 0 unspecified atom stereocenters. The number of hydrogen-bond donors (Lipinski definition) is 1. The van der Waals surface area contributed by atoms with E-state index in [0.717, 1.165) is 18.7 Å². The minimum absolute atomic E-state index is 0.512. The second-order valence-corrected chi connectivity index (χ2v) is 4.08. The van der Waals surface area contributed by atoms with Gasteiger partial charge in [0.2, 0.25) is 0 Å². The molecule has 1 N–H and O–H groups in total. The summed E-state index contributed by atoms with van der Waals surface area (Å²) >= 11 is 0. The maximum absolute atomic E-state index is 5.41. The Balaban J connectivity index is 2.87. The Hall–Kier alpha value is -1.02. The van der Waals surface area contributed by atoms with Crippen molar-refractivity contribution in [2.24, 2.45) is 0 Å². The van der Waals surface area contributed by atoms with E-state index < -0.39 is 0 Å². The number of hydrogen-bond acceptors (Lipinski definition) is 2. The number of likely N-dealkylation sites (N-methyl/N-ethyl adjacent to an activating group) is 1. The van der Waals surface area contributed by atoms with Gasteiger partial charge in [-0.05, 0) is 43.1 Å². The van der Waals surface area contributed by atoms with Crippen LogP contribution >= 0.6 is 0 Å². The van der Waals surface area contributed by atoms with Crippen LogP contribution in [-0.2, 0) is 6.42 Å². The predicted octanol–water partition coefficient (Wildman–Crippen LogP) is 2.58. The van der Waals surface area contributed by atoms with Gasteiger partial charge in [-0.1, -0.05) is 26.0 Å². The average Bonchev–Trinajstić information content (AvgIpc) is 2.25. The minimum atomic E-state index is 0.512. The Labute approximate surface area is 92.6 Å². The number of ether oxygens (including phenoxy) is 1. The molecular weight excluding hydrogens is 186 g/mol. The summed E-state index contributed by atoms with van der Waals surface area (Å²) in [6.07, 6.45) is 1.05. The van der Waals surface area contributed by atoms with E-state index in [0.29, 0.717) is 5.92 Å². The number of methoxy groups -OCH3 is 1. The Bertz CT molecular complexity index is 307. The first-order valence-corrected chi connectivity index (χ1v) is 5.50. The summed E-state index contributed by atoms with van der Waals surface area (Å²) in [4.78, 5) is 0. The van der Waals surface area contributed by atoms with Crippen LogP contribution in [0.15, 0.2) is 18.2 Å². The quantitative estimate of drug-likeness (QED) is 0.801. The lowest BCUT2D eigenvalue weighted by Crippen LogP contribution is -2.10. The fourth-order valence-corrected chi connectivity index (χ4v) is 1.66. The molecule has 0 aromatic heterocycles. The third-order valence-corrected chi connectivity index (χ3v) is 2.58. The lowest BCUT2D eigenvalue weighted by atomic mass is 9.99. The molecule has 0 amide bonds. The van der Waals surface area contributed by atoms with Gasteiger partial charge in [-0.3, -0.25) is 0 Å². The zero-order valence-electron chi connectivity index (χ0n) is 10.1. The average molecular weight is 207 g/mol. The van der Waals surface area contributed by atoms with Crippen molar-refractivity contribution in [1.29, 1.82) is 0 Å². The van der Waals surface area contributed by atoms with E-state index >= 15 is 0 Å². The van der Waals surface area contributed by atoms with Crippen molar-refractivity contribution in [2.45, 2.75) is 26.2 Å². The molecule has 0 fully saturated rings. The standard InChI is InChI=1S/C13H21NO/c1-10(2)12-6-5-11(7-8-14-3)9-13(12)15-4/h5-6,9-10,14H,7-8H2,1-4H3. The van der Waals surface area contributed by atoms with Gasteiger partial charge in [0.15, 0.2) is 0 Å². The molecule has 15 heavy (non-hydrogen) atoms. The Morgan fingerprint density at radius 2 is 2.07 bits per heavy atom. The molecule has 0 spiro atoms. The van der Waals surface area contributed by atoms with E-state index in [9.17, 15) is 0 Å². The molecule has 1 aromatic rings. The van der Waals surface area contributed by atoms with Crippen LogP contribution in [0.5, 0.6) is 5.75 Å². The van der Waals surface area contributed by atoms with Gasteiger partial charge >= 0.3 is 0 Å². The summed E-state index contributed by atoms with van der Waals surface area (Å²) < 4.78 is 5.41. The molecule has 1 aromatic carbocycles. The number of nitrogens with one attached hydrogen (secondary N) is 1. The molecule has 0 saturated carbocycles. The highest BCUT2D eigenvalue weighted by Crippen LogP contribution is 2.27. The molecule has 0 heterocycles. The van der Waals surface area contributed by atoms with Gasteiger partial charge in [-0.15, -0.1) is 0 Å². The van der Waals surface area contributed by atoms with E-state index in [1.54, 1.807) is 7.11 Å². The van der Waals surface area contributed by atoms with Crippen LogP contribution in [0.1, 0.15) is 30.9 Å². The summed E-state index contributed by atoms with van der Waals surface area (Å²) in [5.74, 6) is 1.52. The van der Waals surface area contributed by atoms with E-state index in [2.05, 4.69) is 37.4 Å². The van der Waals surface area contributed by atoms with Crippen LogP contribution in [0.3, 0.4) is 0 Å². The highest BCUT2D eigenvalue weighted by atomic mass is 16.5. The first-order valence-electron chi connectivity index (χ1n) is 5.50. The van der Waals surface area contributed by atoms with Gasteiger partial charge in [0.05, 0.1) is 7.11 Å². The minimum Gasteiger partial charge on any atom is -0.496 e. The third kappa shape index (κ3) is 3.24. The molecule has 0 atom stereocenters. The van der Waals surface area contributed by atoms with E-state index in [-0.39, 0.29) is 0 Å². The fourth-order valence-electron chi connectivity index (χ4n) is 1.66. The van der Waals surface area contributed by atoms with E-state index in [4.69, 9.17) is 4.74 Å². The van der Waals surface area contributed by atoms with Crippen LogP contribution in [-0.4, -0.2) is 20.7 Å². The molecule has 2 heteroatoms. The topological polar surface area (TPSA) is 21.3 Å². The van der Waals surface area contributed by atoms with Gasteiger partial charge in [-0.2, -0.15) is 0 Å². The highest BCUT2D eigenvalue weighted by molar-refractivity contribution is 5.39. The summed E-state index contributed by atoms with van der Waals surface area (Å²) in [7, 11) is 3.71. The summed E-state index contributed by atoms with van der Waals surface area (Å²) in [6.45, 7) is 5.38. The van der Waals surface area contributed by atoms with Crippen molar-refractivity contribution in [3.63, 3.8) is 0 Å². The maximum Gasteiger partial charge on any atom is 0.122 e. The molecule has 0 aliphatic heterocycles. The number of rotatable bonds is 5. The van der Waals surface area contributed by atoms with Crippen LogP contribution in [0.25, 0.3) is 0 Å². The van der Waals surface area contributed by atoms with Crippen LogP contribution in [0, 0.1) is 0 Å². The molecule has 2 nitrogen and oxygen atoms in total. The van der Waals surface area contributed by atoms with E-state index in [1.807, 2.05) is 7.05 Å². The molecule has 0 aliphatic rings. The SMILES string of the molecule is CNCCc1ccc(C(C)C)c(OC)c1. The second kappa shape index (κ2) is 5.76. The zero-order chi connectivity index (χ0) is 11.3. The first-order chi connectivity index (χ1) is 7.19. The number of benzene rings is 1. The normalized spacial score (nSPS) is 10.7. The van der Waals surface area contributed by atoms with Gasteiger partial charge in [0, 0.05) is 0 Å². The predicted molar refractivity (Wildman–Crippen MR) is 64.7 cm³/mol. The van der Waals surface area contributed by atoms with E-state index in [1.165, 1.54) is 11.1 Å². The van der Waals surface area contributed by atoms with Gasteiger partial charge in [0.25, 0.3) is 0 Å². The molecule has 84 valence electrons. The maximum atomic E-state index is 5.41. The van der Waals surface area contributed by atoms with Gasteiger partial charge < -0.3 is 10.1 Å². The Kier molecular flexibility index (Phi) is 4.63. The van der Waals surface area contributed by atoms with Gasteiger partial charge in [-0.25, -0.2) is 0 Å². The molecule has 0 bridgehead atoms. The fraction of sp³-hybridized carbons (Fsp3) is 0.538. The third-order valence-electron chi connectivity index (χ3n) is 2.58. The lowest BCUT2D eigenvalue weighted by molar-refractivity contribution is 0.407. The van der Waals surface area contributed by atoms with Crippen molar-refractivity contribution in [1.82, 2.24) is 5.32 Å². The van der Waals surface area contributed by atoms with Gasteiger partial charge in [0.1, 0.15) is 5.75 Å². The van der Waals surface area contributed by atoms with Crippen LogP contribution in [0.2, 0.25) is 0 Å². The van der Waals surface area contributed by atoms with Crippen molar-refractivity contribution in [2.75, 3.05) is 20.7 Å². The summed E-state index contributed by atoms with van der Waals surface area (Å²) in [5.41, 5.74) is 2.61. The lowest BCUT2D eigenvalue weighted by Gasteiger charge is -2.13. The monoisotopic (exact) mass is 207 g/mol. The molecule has 0 saturated heterocycles. The summed E-state index contributed by atoms with van der Waals surface area (Å²) in [6, 6.07) is 6.51. The molecule has 0 aliphatic carbocycles. The van der Waals surface area contributed by atoms with Crippen molar-refractivity contribution >= 4 is 0 Å². The zero-order valence-corrected chi connectivity index (χ0v) is 10.1. The second-order valence-electron chi connectivity index (χ2n) is 4.08. The smallest absolute Gasteiger partial charge is 0.122 e. The van der Waals surface area contributed by atoms with Crippen molar-refractivity contribution < 1.29 is 4.74 Å². The molecular formula is C13H21NO.